The van der Waals surface area contributed by atoms with E-state index in [1.807, 2.05) is 24.3 Å². The van der Waals surface area contributed by atoms with Gasteiger partial charge in [0.05, 0.1) is 6.54 Å². The van der Waals surface area contributed by atoms with Crippen LogP contribution in [0.1, 0.15) is 36.7 Å². The number of rotatable bonds is 8. The first-order valence-corrected chi connectivity index (χ1v) is 9.85. The van der Waals surface area contributed by atoms with E-state index in [1.165, 1.54) is 0 Å². The fourth-order valence-corrected chi connectivity index (χ4v) is 2.92. The van der Waals surface area contributed by atoms with Gasteiger partial charge in [0, 0.05) is 28.3 Å². The van der Waals surface area contributed by atoms with Gasteiger partial charge in [-0.3, -0.25) is 14.5 Å². The normalized spacial score (nSPS) is 10.9. The predicted molar refractivity (Wildman–Crippen MR) is 113 cm³/mol. The zero-order valence-electron chi connectivity index (χ0n) is 16.0. The molecule has 0 saturated heterocycles. The van der Waals surface area contributed by atoms with Crippen LogP contribution in [0.2, 0.25) is 0 Å². The smallest absolute Gasteiger partial charge is 0.251 e. The number of hydrogen-bond acceptors (Lipinski definition) is 3. The quantitative estimate of drug-likeness (QED) is 0.662. The monoisotopic (exact) mass is 431 g/mol. The summed E-state index contributed by atoms with van der Waals surface area (Å²) in [4.78, 5) is 26.5. The van der Waals surface area contributed by atoms with E-state index >= 15 is 0 Å². The van der Waals surface area contributed by atoms with Gasteiger partial charge in [0.1, 0.15) is 0 Å². The number of carbonyl (C=O) groups excluding carboxylic acids is 2. The molecule has 2 aromatic carbocycles. The van der Waals surface area contributed by atoms with Crippen molar-refractivity contribution in [3.8, 4) is 0 Å². The zero-order valence-corrected chi connectivity index (χ0v) is 17.5. The van der Waals surface area contributed by atoms with Gasteiger partial charge in [0.25, 0.3) is 5.91 Å². The second-order valence-electron chi connectivity index (χ2n) is 6.59. The average molecular weight is 432 g/mol. The van der Waals surface area contributed by atoms with Crippen molar-refractivity contribution in [2.75, 3.05) is 18.4 Å². The number of anilines is 1. The van der Waals surface area contributed by atoms with E-state index in [0.717, 1.165) is 23.1 Å². The van der Waals surface area contributed by atoms with Crippen LogP contribution in [0.5, 0.6) is 0 Å². The van der Waals surface area contributed by atoms with Gasteiger partial charge >= 0.3 is 0 Å². The molecule has 0 fully saturated rings. The molecule has 27 heavy (non-hydrogen) atoms. The molecule has 2 N–H and O–H groups in total. The van der Waals surface area contributed by atoms with Crippen LogP contribution in [0, 0.1) is 0 Å². The maximum absolute atomic E-state index is 12.2. The summed E-state index contributed by atoms with van der Waals surface area (Å²) < 4.78 is 0.938. The molecule has 2 rings (SSSR count). The minimum absolute atomic E-state index is 0.0758. The molecule has 0 radical (unpaired) electrons. The summed E-state index contributed by atoms with van der Waals surface area (Å²) in [6.45, 7) is 8.24. The highest BCUT2D eigenvalue weighted by molar-refractivity contribution is 9.10. The molecular formula is C21H26BrN3O2. The van der Waals surface area contributed by atoms with Crippen LogP contribution in [-0.4, -0.2) is 35.8 Å². The van der Waals surface area contributed by atoms with Gasteiger partial charge in [-0.1, -0.05) is 35.0 Å². The van der Waals surface area contributed by atoms with E-state index in [2.05, 4.69) is 52.2 Å². The summed E-state index contributed by atoms with van der Waals surface area (Å²) in [5.41, 5.74) is 2.39. The fraction of sp³-hybridized carbons (Fsp3) is 0.333. The number of nitrogens with one attached hydrogen (secondary N) is 2. The molecule has 0 unspecified atom stereocenters. The average Bonchev–Trinajstić information content (AvgIpc) is 2.66. The molecule has 2 amide bonds. The molecule has 0 atom stereocenters. The topological polar surface area (TPSA) is 61.4 Å². The summed E-state index contributed by atoms with van der Waals surface area (Å²) in [5, 5.41) is 5.39. The molecule has 0 aliphatic carbocycles. The molecule has 144 valence electrons. The highest BCUT2D eigenvalue weighted by Crippen LogP contribution is 2.14. The van der Waals surface area contributed by atoms with Crippen molar-refractivity contribution < 1.29 is 9.59 Å². The lowest BCUT2D eigenvalue weighted by Crippen LogP contribution is -2.33. The summed E-state index contributed by atoms with van der Waals surface area (Å²) in [6.07, 6.45) is 0. The molecule has 0 aromatic heterocycles. The Balaban J connectivity index is 1.84. The Labute approximate surface area is 169 Å². The van der Waals surface area contributed by atoms with Crippen LogP contribution in [0.4, 0.5) is 5.69 Å². The van der Waals surface area contributed by atoms with Crippen LogP contribution in [0.15, 0.2) is 53.0 Å². The number of benzene rings is 2. The Kier molecular flexibility index (Phi) is 8.00. The largest absolute Gasteiger partial charge is 0.343 e. The van der Waals surface area contributed by atoms with E-state index in [0.29, 0.717) is 17.3 Å². The van der Waals surface area contributed by atoms with Gasteiger partial charge in [-0.25, -0.2) is 0 Å². The molecular weight excluding hydrogens is 406 g/mol. The maximum Gasteiger partial charge on any atom is 0.251 e. The van der Waals surface area contributed by atoms with E-state index in [1.54, 1.807) is 24.3 Å². The molecule has 6 heteroatoms. The Hall–Kier alpha value is -2.18. The predicted octanol–water partition coefficient (Wildman–Crippen LogP) is 4.05. The SMILES string of the molecule is CCN(Cc1ccc(C(=O)NCC(=O)Nc2ccc(Br)cc2)cc1)C(C)C. The van der Waals surface area contributed by atoms with Gasteiger partial charge in [-0.05, 0) is 62.4 Å². The summed E-state index contributed by atoms with van der Waals surface area (Å²) in [6, 6.07) is 15.3. The summed E-state index contributed by atoms with van der Waals surface area (Å²) >= 11 is 3.34. The Bertz CT molecular complexity index is 758. The lowest BCUT2D eigenvalue weighted by molar-refractivity contribution is -0.115. The number of hydrogen-bond donors (Lipinski definition) is 2. The number of carbonyl (C=O) groups is 2. The molecule has 0 aliphatic heterocycles. The van der Waals surface area contributed by atoms with E-state index < -0.39 is 0 Å². The van der Waals surface area contributed by atoms with Crippen LogP contribution in [-0.2, 0) is 11.3 Å². The van der Waals surface area contributed by atoms with Crippen LogP contribution in [0.3, 0.4) is 0 Å². The molecule has 0 heterocycles. The van der Waals surface area contributed by atoms with Gasteiger partial charge in [-0.2, -0.15) is 0 Å². The van der Waals surface area contributed by atoms with E-state index in [9.17, 15) is 9.59 Å². The highest BCUT2D eigenvalue weighted by Gasteiger charge is 2.10. The standard InChI is InChI=1S/C21H26BrN3O2/c1-4-25(15(2)3)14-16-5-7-17(8-6-16)21(27)23-13-20(26)24-19-11-9-18(22)10-12-19/h5-12,15H,4,13-14H2,1-3H3,(H,23,27)(H,24,26). The summed E-state index contributed by atoms with van der Waals surface area (Å²) in [7, 11) is 0. The Morgan fingerprint density at radius 1 is 1.04 bits per heavy atom. The first-order valence-electron chi connectivity index (χ1n) is 9.05. The summed E-state index contributed by atoms with van der Waals surface area (Å²) in [5.74, 6) is -0.526. The molecule has 0 saturated carbocycles. The van der Waals surface area contributed by atoms with Gasteiger partial charge in [0.15, 0.2) is 0 Å². The molecule has 0 spiro atoms. The van der Waals surface area contributed by atoms with Gasteiger partial charge in [-0.15, -0.1) is 0 Å². The molecule has 0 aliphatic rings. The van der Waals surface area contributed by atoms with Crippen molar-refractivity contribution >= 4 is 33.4 Å². The van der Waals surface area contributed by atoms with Crippen molar-refractivity contribution in [1.29, 1.82) is 0 Å². The van der Waals surface area contributed by atoms with Crippen molar-refractivity contribution in [3.63, 3.8) is 0 Å². The van der Waals surface area contributed by atoms with E-state index in [-0.39, 0.29) is 18.4 Å². The van der Waals surface area contributed by atoms with E-state index in [4.69, 9.17) is 0 Å². The number of halogens is 1. The van der Waals surface area contributed by atoms with Crippen molar-refractivity contribution in [2.24, 2.45) is 0 Å². The third-order valence-corrected chi connectivity index (χ3v) is 4.80. The highest BCUT2D eigenvalue weighted by atomic mass is 79.9. The van der Waals surface area contributed by atoms with Crippen molar-refractivity contribution in [2.45, 2.75) is 33.4 Å². The molecule has 0 bridgehead atoms. The molecule has 2 aromatic rings. The second-order valence-corrected chi connectivity index (χ2v) is 7.51. The Morgan fingerprint density at radius 2 is 1.67 bits per heavy atom. The lowest BCUT2D eigenvalue weighted by Gasteiger charge is -2.24. The fourth-order valence-electron chi connectivity index (χ4n) is 2.66. The number of amides is 2. The van der Waals surface area contributed by atoms with Gasteiger partial charge < -0.3 is 10.6 Å². The maximum atomic E-state index is 12.2. The lowest BCUT2D eigenvalue weighted by atomic mass is 10.1. The van der Waals surface area contributed by atoms with Crippen LogP contribution < -0.4 is 10.6 Å². The zero-order chi connectivity index (χ0) is 19.8. The van der Waals surface area contributed by atoms with Crippen LogP contribution >= 0.6 is 15.9 Å². The van der Waals surface area contributed by atoms with Crippen molar-refractivity contribution in [3.05, 3.63) is 64.1 Å². The first-order chi connectivity index (χ1) is 12.9. The third kappa shape index (κ3) is 6.81. The van der Waals surface area contributed by atoms with Crippen LogP contribution in [0.25, 0.3) is 0 Å². The Morgan fingerprint density at radius 3 is 2.22 bits per heavy atom. The third-order valence-electron chi connectivity index (χ3n) is 4.28. The first kappa shape index (κ1) is 21.1. The van der Waals surface area contributed by atoms with Gasteiger partial charge in [0.2, 0.25) is 5.91 Å². The minimum atomic E-state index is -0.266. The number of nitrogens with zero attached hydrogens (tertiary/aromatic N) is 1. The second kappa shape index (κ2) is 10.2. The molecule has 5 nitrogen and oxygen atoms in total. The van der Waals surface area contributed by atoms with Crippen molar-refractivity contribution in [1.82, 2.24) is 10.2 Å². The minimum Gasteiger partial charge on any atom is -0.343 e.